The van der Waals surface area contributed by atoms with E-state index in [9.17, 15) is 4.79 Å². The van der Waals surface area contributed by atoms with Crippen molar-refractivity contribution in [3.63, 3.8) is 0 Å². The minimum Gasteiger partial charge on any atom is -0.360 e. The van der Waals surface area contributed by atoms with E-state index >= 15 is 0 Å². The van der Waals surface area contributed by atoms with Gasteiger partial charge in [0.2, 0.25) is 0 Å². The van der Waals surface area contributed by atoms with Gasteiger partial charge in [-0.15, -0.1) is 0 Å². The monoisotopic (exact) mass is 386 g/mol. The fraction of sp³-hybridized carbons (Fsp3) is 0.350. The molecule has 6 nitrogen and oxygen atoms in total. The van der Waals surface area contributed by atoms with Crippen molar-refractivity contribution in [2.75, 3.05) is 6.54 Å². The normalized spacial score (nSPS) is 12.2. The molecule has 0 spiro atoms. The van der Waals surface area contributed by atoms with Gasteiger partial charge in [0, 0.05) is 24.3 Å². The van der Waals surface area contributed by atoms with Gasteiger partial charge in [0.05, 0.1) is 10.7 Å². The number of carbonyl (C=O) groups is 1. The largest absolute Gasteiger partial charge is 0.360 e. The van der Waals surface area contributed by atoms with Gasteiger partial charge in [-0.2, -0.15) is 5.10 Å². The third-order valence-electron chi connectivity index (χ3n) is 4.42. The van der Waals surface area contributed by atoms with E-state index in [4.69, 9.17) is 16.1 Å². The number of aromatic nitrogens is 3. The molecule has 1 N–H and O–H groups in total. The van der Waals surface area contributed by atoms with Crippen LogP contribution in [0.15, 0.2) is 34.9 Å². The van der Waals surface area contributed by atoms with Crippen LogP contribution in [0.1, 0.15) is 34.4 Å². The molecule has 3 aromatic rings. The first-order chi connectivity index (χ1) is 12.9. The average Bonchev–Trinajstić information content (AvgIpc) is 3.15. The fourth-order valence-corrected chi connectivity index (χ4v) is 3.28. The van der Waals surface area contributed by atoms with E-state index in [1.54, 1.807) is 13.0 Å². The Bertz CT molecular complexity index is 961. The third kappa shape index (κ3) is 4.22. The number of nitrogens with zero attached hydrogens (tertiary/aromatic N) is 3. The number of rotatable bonds is 6. The van der Waals surface area contributed by atoms with Crippen LogP contribution < -0.4 is 5.32 Å². The van der Waals surface area contributed by atoms with Crippen LogP contribution in [0.5, 0.6) is 0 Å². The summed E-state index contributed by atoms with van der Waals surface area (Å²) in [6.07, 6.45) is 0. The minimum absolute atomic E-state index is 0.218. The number of benzene rings is 1. The number of nitrogens with one attached hydrogen (secondary N) is 1. The molecule has 0 saturated heterocycles. The summed E-state index contributed by atoms with van der Waals surface area (Å²) in [5.41, 5.74) is 3.66. The van der Waals surface area contributed by atoms with E-state index in [1.807, 2.05) is 42.8 Å². The van der Waals surface area contributed by atoms with E-state index in [1.165, 1.54) is 0 Å². The molecule has 0 fully saturated rings. The van der Waals surface area contributed by atoms with Gasteiger partial charge in [0.25, 0.3) is 5.91 Å². The Morgan fingerprint density at radius 2 is 2.04 bits per heavy atom. The molecule has 0 saturated carbocycles. The van der Waals surface area contributed by atoms with Crippen molar-refractivity contribution in [3.05, 3.63) is 58.1 Å². The zero-order valence-electron chi connectivity index (χ0n) is 15.9. The predicted octanol–water partition coefficient (Wildman–Crippen LogP) is 4.18. The average molecular weight is 387 g/mol. The van der Waals surface area contributed by atoms with E-state index in [2.05, 4.69) is 22.5 Å². The Kier molecular flexibility index (Phi) is 5.65. The van der Waals surface area contributed by atoms with Crippen LogP contribution in [-0.2, 0) is 6.54 Å². The molecule has 142 valence electrons. The second-order valence-electron chi connectivity index (χ2n) is 6.87. The molecule has 0 aliphatic rings. The molecule has 2 heterocycles. The highest BCUT2D eigenvalue weighted by molar-refractivity contribution is 6.33. The Labute approximate surface area is 163 Å². The lowest BCUT2D eigenvalue weighted by Crippen LogP contribution is -2.30. The van der Waals surface area contributed by atoms with Crippen LogP contribution in [0.4, 0.5) is 0 Å². The van der Waals surface area contributed by atoms with Crippen LogP contribution in [0, 0.1) is 26.7 Å². The molecule has 0 aliphatic carbocycles. The summed E-state index contributed by atoms with van der Waals surface area (Å²) in [6, 6.07) is 9.31. The van der Waals surface area contributed by atoms with Crippen LogP contribution >= 0.6 is 11.6 Å². The summed E-state index contributed by atoms with van der Waals surface area (Å²) in [7, 11) is 0. The molecule has 0 aliphatic heterocycles. The zero-order valence-corrected chi connectivity index (χ0v) is 16.7. The fourth-order valence-electron chi connectivity index (χ4n) is 3.05. The first-order valence-electron chi connectivity index (χ1n) is 8.87. The number of carbonyl (C=O) groups excluding carboxylic acids is 1. The lowest BCUT2D eigenvalue weighted by Gasteiger charge is -2.14. The van der Waals surface area contributed by atoms with Crippen molar-refractivity contribution < 1.29 is 9.32 Å². The summed E-state index contributed by atoms with van der Waals surface area (Å²) >= 11 is 6.26. The number of halogens is 1. The maximum atomic E-state index is 12.8. The zero-order chi connectivity index (χ0) is 19.6. The SMILES string of the molecule is Cc1cc(C)n(CC(C)CNC(=O)c2c(-c3ccccc3Cl)noc2C)n1. The van der Waals surface area contributed by atoms with Gasteiger partial charge in [0.1, 0.15) is 17.0 Å². The Hall–Kier alpha value is -2.60. The van der Waals surface area contributed by atoms with Crippen molar-refractivity contribution in [1.29, 1.82) is 0 Å². The van der Waals surface area contributed by atoms with Gasteiger partial charge in [-0.05, 0) is 38.8 Å². The maximum absolute atomic E-state index is 12.8. The molecule has 2 aromatic heterocycles. The highest BCUT2D eigenvalue weighted by Gasteiger charge is 2.23. The second kappa shape index (κ2) is 7.96. The van der Waals surface area contributed by atoms with Crippen molar-refractivity contribution in [3.8, 4) is 11.3 Å². The van der Waals surface area contributed by atoms with E-state index < -0.39 is 0 Å². The molecule has 3 rings (SSSR count). The highest BCUT2D eigenvalue weighted by atomic mass is 35.5. The summed E-state index contributed by atoms with van der Waals surface area (Å²) in [4.78, 5) is 12.8. The van der Waals surface area contributed by atoms with Gasteiger partial charge in [-0.1, -0.05) is 41.9 Å². The molecular weight excluding hydrogens is 364 g/mol. The van der Waals surface area contributed by atoms with Crippen LogP contribution in [-0.4, -0.2) is 27.4 Å². The smallest absolute Gasteiger partial charge is 0.257 e. The number of aryl methyl sites for hydroxylation is 3. The minimum atomic E-state index is -0.219. The summed E-state index contributed by atoms with van der Waals surface area (Å²) in [6.45, 7) is 9.06. The van der Waals surface area contributed by atoms with Crippen LogP contribution in [0.3, 0.4) is 0 Å². The first-order valence-corrected chi connectivity index (χ1v) is 9.25. The van der Waals surface area contributed by atoms with Gasteiger partial charge < -0.3 is 9.84 Å². The Balaban J connectivity index is 1.71. The van der Waals surface area contributed by atoms with E-state index in [-0.39, 0.29) is 11.8 Å². The number of hydrogen-bond acceptors (Lipinski definition) is 4. The van der Waals surface area contributed by atoms with Crippen LogP contribution in [0.2, 0.25) is 5.02 Å². The quantitative estimate of drug-likeness (QED) is 0.689. The lowest BCUT2D eigenvalue weighted by molar-refractivity contribution is 0.0945. The number of hydrogen-bond donors (Lipinski definition) is 1. The van der Waals surface area contributed by atoms with Crippen molar-refractivity contribution in [2.45, 2.75) is 34.2 Å². The van der Waals surface area contributed by atoms with Gasteiger partial charge in [0.15, 0.2) is 0 Å². The lowest BCUT2D eigenvalue weighted by atomic mass is 10.1. The molecule has 0 bridgehead atoms. The first kappa shape index (κ1) is 19.2. The van der Waals surface area contributed by atoms with Crippen molar-refractivity contribution in [2.24, 2.45) is 5.92 Å². The summed E-state index contributed by atoms with van der Waals surface area (Å²) < 4.78 is 7.23. The van der Waals surface area contributed by atoms with Crippen molar-refractivity contribution in [1.82, 2.24) is 20.3 Å². The summed E-state index contributed by atoms with van der Waals surface area (Å²) in [5, 5.41) is 12.0. The summed E-state index contributed by atoms with van der Waals surface area (Å²) in [5.74, 6) is 0.466. The molecule has 1 amide bonds. The number of amides is 1. The van der Waals surface area contributed by atoms with E-state index in [0.717, 1.165) is 17.9 Å². The molecule has 1 aromatic carbocycles. The van der Waals surface area contributed by atoms with Crippen molar-refractivity contribution >= 4 is 17.5 Å². The third-order valence-corrected chi connectivity index (χ3v) is 4.75. The topological polar surface area (TPSA) is 73.0 Å². The highest BCUT2D eigenvalue weighted by Crippen LogP contribution is 2.30. The van der Waals surface area contributed by atoms with Gasteiger partial charge in [-0.25, -0.2) is 0 Å². The molecule has 7 heteroatoms. The molecule has 0 radical (unpaired) electrons. The maximum Gasteiger partial charge on any atom is 0.257 e. The Morgan fingerprint density at radius 3 is 2.70 bits per heavy atom. The van der Waals surface area contributed by atoms with Gasteiger partial charge in [-0.3, -0.25) is 9.48 Å². The molecule has 27 heavy (non-hydrogen) atoms. The standard InChI is InChI=1S/C20H23ClN4O2/c1-12(11-25-14(3)9-13(2)23-25)10-22-20(26)18-15(4)27-24-19(18)16-7-5-6-8-17(16)21/h5-9,12H,10-11H2,1-4H3,(H,22,26). The molecule has 1 unspecified atom stereocenters. The van der Waals surface area contributed by atoms with Gasteiger partial charge >= 0.3 is 0 Å². The second-order valence-corrected chi connectivity index (χ2v) is 7.27. The van der Waals surface area contributed by atoms with Crippen LogP contribution in [0.25, 0.3) is 11.3 Å². The predicted molar refractivity (Wildman–Crippen MR) is 105 cm³/mol. The molecular formula is C20H23ClN4O2. The van der Waals surface area contributed by atoms with E-state index in [0.29, 0.717) is 34.1 Å². The molecule has 1 atom stereocenters. The Morgan fingerprint density at radius 1 is 1.30 bits per heavy atom.